The van der Waals surface area contributed by atoms with Gasteiger partial charge in [0.2, 0.25) is 6.79 Å². The van der Waals surface area contributed by atoms with Crippen molar-refractivity contribution in [1.82, 2.24) is 0 Å². The predicted molar refractivity (Wildman–Crippen MR) is 90.7 cm³/mol. The summed E-state index contributed by atoms with van der Waals surface area (Å²) >= 11 is 0. The molecule has 2 aliphatic heterocycles. The van der Waals surface area contributed by atoms with Crippen molar-refractivity contribution in [2.45, 2.75) is 12.3 Å². The molecule has 1 saturated heterocycles. The third kappa shape index (κ3) is 2.14. The highest BCUT2D eigenvalue weighted by Crippen LogP contribution is 2.51. The van der Waals surface area contributed by atoms with Crippen LogP contribution in [-0.2, 0) is 16.0 Å². The van der Waals surface area contributed by atoms with Gasteiger partial charge in [0, 0.05) is 11.8 Å². The van der Waals surface area contributed by atoms with Crippen LogP contribution in [0.1, 0.15) is 22.6 Å². The first-order valence-electron chi connectivity index (χ1n) is 8.61. The first kappa shape index (κ1) is 15.4. The van der Waals surface area contributed by atoms with E-state index in [1.54, 1.807) is 12.1 Å². The van der Waals surface area contributed by atoms with E-state index in [2.05, 4.69) is 0 Å². The van der Waals surface area contributed by atoms with Crippen LogP contribution in [-0.4, -0.2) is 31.6 Å². The number of carbonyl (C=O) groups excluding carboxylic acids is 1. The van der Waals surface area contributed by atoms with E-state index in [1.807, 2.05) is 18.2 Å². The number of benzene rings is 2. The Balaban J connectivity index is 1.70. The average molecular weight is 354 g/mol. The topological polar surface area (TPSA) is 74.2 Å². The van der Waals surface area contributed by atoms with Crippen molar-refractivity contribution in [2.24, 2.45) is 11.8 Å². The van der Waals surface area contributed by atoms with Gasteiger partial charge in [-0.15, -0.1) is 0 Å². The number of methoxy groups -OCH3 is 1. The zero-order valence-corrected chi connectivity index (χ0v) is 14.2. The van der Waals surface area contributed by atoms with E-state index >= 15 is 0 Å². The van der Waals surface area contributed by atoms with E-state index < -0.39 is 0 Å². The van der Waals surface area contributed by atoms with Crippen molar-refractivity contribution >= 4 is 5.97 Å². The number of hydrogen-bond acceptors (Lipinski definition) is 6. The van der Waals surface area contributed by atoms with Gasteiger partial charge in [0.1, 0.15) is 0 Å². The number of esters is 1. The van der Waals surface area contributed by atoms with Crippen molar-refractivity contribution in [3.63, 3.8) is 0 Å². The second kappa shape index (κ2) is 5.56. The first-order chi connectivity index (χ1) is 12.7. The molecule has 26 heavy (non-hydrogen) atoms. The standard InChI is InChI=1S/C20H18O6/c1-23-15-5-10(2-3-14(15)21)18-13-7-17-16(25-9-26-17)6-11(13)4-12-8-24-20(22)19(12)18/h2-3,5-7,12,18-19,21H,4,8-9H2,1H3/t12-,18+,19-/m0/s1. The summed E-state index contributed by atoms with van der Waals surface area (Å²) in [6.45, 7) is 0.647. The Labute approximate surface area is 150 Å². The SMILES string of the molecule is COc1cc([C@@H]2c3cc4c(cc3C[C@H]3COC(=O)[C@@H]32)OCO4)ccc1O. The monoisotopic (exact) mass is 354 g/mol. The average Bonchev–Trinajstić information content (AvgIpc) is 3.25. The second-order valence-corrected chi connectivity index (χ2v) is 6.93. The predicted octanol–water partition coefficient (Wildman–Crippen LogP) is 2.61. The number of rotatable bonds is 2. The third-order valence-electron chi connectivity index (χ3n) is 5.59. The van der Waals surface area contributed by atoms with Crippen molar-refractivity contribution in [1.29, 1.82) is 0 Å². The van der Waals surface area contributed by atoms with Gasteiger partial charge in [-0.25, -0.2) is 0 Å². The third-order valence-corrected chi connectivity index (χ3v) is 5.59. The number of phenols is 1. The molecule has 3 atom stereocenters. The normalized spacial score (nSPS) is 25.4. The van der Waals surface area contributed by atoms with Crippen LogP contribution >= 0.6 is 0 Å². The molecule has 5 rings (SSSR count). The highest BCUT2D eigenvalue weighted by molar-refractivity contribution is 5.78. The smallest absolute Gasteiger partial charge is 0.310 e. The number of phenolic OH excluding ortho intramolecular Hbond substituents is 1. The quantitative estimate of drug-likeness (QED) is 0.836. The number of hydrogen-bond donors (Lipinski definition) is 1. The maximum Gasteiger partial charge on any atom is 0.310 e. The minimum absolute atomic E-state index is 0.0727. The summed E-state index contributed by atoms with van der Waals surface area (Å²) in [6, 6.07) is 9.22. The van der Waals surface area contributed by atoms with Crippen molar-refractivity contribution in [3.05, 3.63) is 47.0 Å². The summed E-state index contributed by atoms with van der Waals surface area (Å²) in [4.78, 5) is 12.5. The lowest BCUT2D eigenvalue weighted by Gasteiger charge is -2.33. The van der Waals surface area contributed by atoms with E-state index in [4.69, 9.17) is 18.9 Å². The molecule has 2 aromatic carbocycles. The molecule has 0 aromatic heterocycles. The Bertz CT molecular complexity index is 905. The van der Waals surface area contributed by atoms with E-state index in [0.717, 1.165) is 28.9 Å². The molecule has 2 heterocycles. The Morgan fingerprint density at radius 3 is 2.73 bits per heavy atom. The van der Waals surface area contributed by atoms with E-state index in [-0.39, 0.29) is 36.3 Å². The summed E-state index contributed by atoms with van der Waals surface area (Å²) in [5.41, 5.74) is 3.10. The van der Waals surface area contributed by atoms with Crippen LogP contribution in [0.5, 0.6) is 23.0 Å². The van der Waals surface area contributed by atoms with E-state index in [9.17, 15) is 9.90 Å². The maximum absolute atomic E-state index is 12.5. The molecular weight excluding hydrogens is 336 g/mol. The van der Waals surface area contributed by atoms with Gasteiger partial charge in [-0.05, 0) is 47.4 Å². The minimum atomic E-state index is -0.253. The molecule has 0 unspecified atom stereocenters. The van der Waals surface area contributed by atoms with Crippen LogP contribution in [0.25, 0.3) is 0 Å². The summed E-state index contributed by atoms with van der Waals surface area (Å²) in [7, 11) is 1.51. The van der Waals surface area contributed by atoms with Crippen LogP contribution in [0.15, 0.2) is 30.3 Å². The highest BCUT2D eigenvalue weighted by Gasteiger charge is 2.48. The van der Waals surface area contributed by atoms with Gasteiger partial charge in [0.15, 0.2) is 23.0 Å². The summed E-state index contributed by atoms with van der Waals surface area (Å²) in [5.74, 6) is 1.43. The number of ether oxygens (including phenoxy) is 4. The van der Waals surface area contributed by atoms with Gasteiger partial charge in [-0.1, -0.05) is 6.07 Å². The summed E-state index contributed by atoms with van der Waals surface area (Å²) < 4.78 is 21.7. The lowest BCUT2D eigenvalue weighted by atomic mass is 9.67. The van der Waals surface area contributed by atoms with E-state index in [1.165, 1.54) is 7.11 Å². The van der Waals surface area contributed by atoms with Gasteiger partial charge >= 0.3 is 5.97 Å². The Kier molecular flexibility index (Phi) is 3.29. The van der Waals surface area contributed by atoms with Gasteiger partial charge in [0.05, 0.1) is 19.6 Å². The molecule has 2 aromatic rings. The molecule has 1 N–H and O–H groups in total. The molecule has 6 nitrogen and oxygen atoms in total. The van der Waals surface area contributed by atoms with Gasteiger partial charge in [0.25, 0.3) is 0 Å². The number of carbonyl (C=O) groups is 1. The molecule has 6 heteroatoms. The fourth-order valence-electron chi connectivity index (χ4n) is 4.39. The Hall–Kier alpha value is -2.89. The minimum Gasteiger partial charge on any atom is -0.504 e. The Morgan fingerprint density at radius 2 is 1.92 bits per heavy atom. The molecule has 0 spiro atoms. The Morgan fingerprint density at radius 1 is 1.12 bits per heavy atom. The molecule has 0 radical (unpaired) electrons. The molecule has 1 fully saturated rings. The lowest BCUT2D eigenvalue weighted by molar-refractivity contribution is -0.141. The molecule has 0 amide bonds. The fraction of sp³-hybridized carbons (Fsp3) is 0.350. The second-order valence-electron chi connectivity index (χ2n) is 6.93. The fourth-order valence-corrected chi connectivity index (χ4v) is 4.39. The van der Waals surface area contributed by atoms with Gasteiger partial charge in [-0.2, -0.15) is 0 Å². The number of fused-ring (bicyclic) bond motifs is 3. The molecule has 0 bridgehead atoms. The van der Waals surface area contributed by atoms with Crippen LogP contribution < -0.4 is 14.2 Å². The van der Waals surface area contributed by atoms with E-state index in [0.29, 0.717) is 18.1 Å². The van der Waals surface area contributed by atoms with Crippen LogP contribution in [0.3, 0.4) is 0 Å². The molecular formula is C20H18O6. The maximum atomic E-state index is 12.5. The molecule has 134 valence electrons. The zero-order valence-electron chi connectivity index (χ0n) is 14.2. The van der Waals surface area contributed by atoms with Crippen molar-refractivity contribution < 1.29 is 28.8 Å². The highest BCUT2D eigenvalue weighted by atomic mass is 16.7. The van der Waals surface area contributed by atoms with Gasteiger partial charge in [-0.3, -0.25) is 4.79 Å². The van der Waals surface area contributed by atoms with Crippen LogP contribution in [0.2, 0.25) is 0 Å². The number of cyclic esters (lactones) is 1. The van der Waals surface area contributed by atoms with Crippen LogP contribution in [0, 0.1) is 11.8 Å². The molecule has 3 aliphatic rings. The largest absolute Gasteiger partial charge is 0.504 e. The first-order valence-corrected chi connectivity index (χ1v) is 8.61. The van der Waals surface area contributed by atoms with Crippen molar-refractivity contribution in [2.75, 3.05) is 20.5 Å². The molecule has 1 aliphatic carbocycles. The number of aromatic hydroxyl groups is 1. The van der Waals surface area contributed by atoms with Gasteiger partial charge < -0.3 is 24.1 Å². The lowest BCUT2D eigenvalue weighted by Crippen LogP contribution is -2.31. The molecule has 0 saturated carbocycles. The zero-order chi connectivity index (χ0) is 17.8. The summed E-state index contributed by atoms with van der Waals surface area (Å²) in [6.07, 6.45) is 0.772. The summed E-state index contributed by atoms with van der Waals surface area (Å²) in [5, 5.41) is 9.94. The van der Waals surface area contributed by atoms with Crippen molar-refractivity contribution in [3.8, 4) is 23.0 Å². The van der Waals surface area contributed by atoms with Crippen LogP contribution in [0.4, 0.5) is 0 Å².